The molecule has 2 N–H and O–H groups in total. The van der Waals surface area contributed by atoms with E-state index in [0.717, 1.165) is 22.6 Å². The molecule has 2 unspecified atom stereocenters. The first kappa shape index (κ1) is 26.1. The summed E-state index contributed by atoms with van der Waals surface area (Å²) in [6.45, 7) is 0.532. The van der Waals surface area contributed by atoms with Crippen LogP contribution in [0.2, 0.25) is 0 Å². The highest BCUT2D eigenvalue weighted by Gasteiger charge is 2.54. The molecule has 4 rings (SSSR count). The molecule has 1 aliphatic carbocycles. The lowest BCUT2D eigenvalue weighted by Gasteiger charge is -2.34. The minimum atomic E-state index is -4.25. The fourth-order valence-electron chi connectivity index (χ4n) is 4.32. The zero-order valence-electron chi connectivity index (χ0n) is 19.0. The Kier molecular flexibility index (Phi) is 6.84. The Morgan fingerprint density at radius 1 is 1.33 bits per heavy atom. The minimum Gasteiger partial charge on any atom is -0.470 e. The topological polar surface area (TPSA) is 128 Å². The number of aromatic nitrogens is 2. The van der Waals surface area contributed by atoms with E-state index in [1.165, 1.54) is 19.1 Å². The second-order valence-corrected chi connectivity index (χ2v) is 11.0. The van der Waals surface area contributed by atoms with Crippen LogP contribution in [0.4, 0.5) is 23.5 Å². The van der Waals surface area contributed by atoms with Gasteiger partial charge in [-0.15, -0.1) is 0 Å². The van der Waals surface area contributed by atoms with Gasteiger partial charge in [-0.3, -0.25) is 0 Å². The molecule has 194 valence electrons. The fraction of sp³-hybridized carbons (Fsp3) is 0.500. The third-order valence-corrected chi connectivity index (χ3v) is 8.09. The van der Waals surface area contributed by atoms with Crippen LogP contribution < -0.4 is 10.1 Å². The second kappa shape index (κ2) is 9.45. The van der Waals surface area contributed by atoms with Crippen molar-refractivity contribution < 1.29 is 35.8 Å². The molecule has 2 aromatic rings. The number of benzene rings is 1. The van der Waals surface area contributed by atoms with Crippen LogP contribution in [0.1, 0.15) is 31.7 Å². The smallest absolute Gasteiger partial charge is 0.254 e. The number of ether oxygens (including phenoxy) is 1. The standard InChI is InChI=1S/C22H23F4N5O4S/c1-21(32)12-22(25,26)8-18(21)35-19-13(9-27)10-28-20(30-19)29-16-6-7-31(11-15(16)24)36(33,34)17-5-3-2-4-14(17)23/h2-5,10,15-16,18,32H,6-8,11-12H2,1H3,(H,28,29,30)/t15-,16-,18?,21?/m1/s1. The molecule has 4 atom stereocenters. The Hall–Kier alpha value is -3.02. The van der Waals surface area contributed by atoms with Gasteiger partial charge in [0, 0.05) is 19.5 Å². The van der Waals surface area contributed by atoms with Gasteiger partial charge in [-0.25, -0.2) is 31.0 Å². The van der Waals surface area contributed by atoms with Crippen molar-refractivity contribution in [3.05, 3.63) is 41.8 Å². The Bertz CT molecular complexity index is 1290. The molecule has 1 saturated heterocycles. The number of hydrogen-bond donors (Lipinski definition) is 2. The quantitative estimate of drug-likeness (QED) is 0.547. The molecule has 14 heteroatoms. The Balaban J connectivity index is 1.47. The normalized spacial score (nSPS) is 28.4. The van der Waals surface area contributed by atoms with Gasteiger partial charge in [-0.05, 0) is 25.5 Å². The van der Waals surface area contributed by atoms with Gasteiger partial charge in [0.1, 0.15) is 40.2 Å². The number of hydrogen-bond acceptors (Lipinski definition) is 8. The van der Waals surface area contributed by atoms with Gasteiger partial charge in [0.25, 0.3) is 5.92 Å². The maximum atomic E-state index is 15.0. The monoisotopic (exact) mass is 529 g/mol. The predicted octanol–water partition coefficient (Wildman–Crippen LogP) is 2.63. The molecule has 1 saturated carbocycles. The van der Waals surface area contributed by atoms with Gasteiger partial charge in [-0.1, -0.05) is 12.1 Å². The molecule has 0 bridgehead atoms. The summed E-state index contributed by atoms with van der Waals surface area (Å²) in [6.07, 6.45) is -3.61. The van der Waals surface area contributed by atoms with E-state index in [1.54, 1.807) is 6.07 Å². The fourth-order valence-corrected chi connectivity index (χ4v) is 5.85. The van der Waals surface area contributed by atoms with Crippen molar-refractivity contribution in [1.82, 2.24) is 14.3 Å². The summed E-state index contributed by atoms with van der Waals surface area (Å²) in [6, 6.07) is 5.66. The highest BCUT2D eigenvalue weighted by Crippen LogP contribution is 2.43. The molecule has 2 heterocycles. The van der Waals surface area contributed by atoms with E-state index >= 15 is 0 Å². The first-order chi connectivity index (χ1) is 16.8. The Morgan fingerprint density at radius 2 is 2.06 bits per heavy atom. The summed E-state index contributed by atoms with van der Waals surface area (Å²) in [4.78, 5) is 7.38. The number of nitrogens with zero attached hydrogens (tertiary/aromatic N) is 4. The van der Waals surface area contributed by atoms with Crippen molar-refractivity contribution in [3.63, 3.8) is 0 Å². The maximum Gasteiger partial charge on any atom is 0.254 e. The summed E-state index contributed by atoms with van der Waals surface area (Å²) >= 11 is 0. The SMILES string of the molecule is CC1(O)CC(F)(F)CC1Oc1nc(N[C@@H]2CCN(S(=O)(=O)c3ccccc3F)C[C@H]2F)ncc1C#N. The number of nitriles is 1. The molecular formula is C22H23F4N5O4S. The van der Waals surface area contributed by atoms with Crippen molar-refractivity contribution in [1.29, 1.82) is 5.26 Å². The maximum absolute atomic E-state index is 15.0. The van der Waals surface area contributed by atoms with E-state index in [2.05, 4.69) is 15.3 Å². The van der Waals surface area contributed by atoms with Crippen LogP contribution >= 0.6 is 0 Å². The van der Waals surface area contributed by atoms with Gasteiger partial charge in [0.2, 0.25) is 21.9 Å². The van der Waals surface area contributed by atoms with Gasteiger partial charge < -0.3 is 15.2 Å². The average Bonchev–Trinajstić information content (AvgIpc) is 3.01. The van der Waals surface area contributed by atoms with E-state index in [4.69, 9.17) is 4.74 Å². The van der Waals surface area contributed by atoms with Crippen LogP contribution in [0.3, 0.4) is 0 Å². The molecule has 1 aromatic heterocycles. The van der Waals surface area contributed by atoms with Crippen molar-refractivity contribution in [2.45, 2.75) is 60.9 Å². The van der Waals surface area contributed by atoms with E-state index in [-0.39, 0.29) is 30.4 Å². The van der Waals surface area contributed by atoms with E-state index in [0.29, 0.717) is 0 Å². The van der Waals surface area contributed by atoms with Crippen LogP contribution in [-0.2, 0) is 10.0 Å². The van der Waals surface area contributed by atoms with Crippen LogP contribution in [0.25, 0.3) is 0 Å². The minimum absolute atomic E-state index is 0.0159. The molecule has 0 amide bonds. The van der Waals surface area contributed by atoms with Gasteiger partial charge in [-0.2, -0.15) is 14.6 Å². The number of nitrogens with one attached hydrogen (secondary N) is 1. The Morgan fingerprint density at radius 3 is 2.67 bits per heavy atom. The highest BCUT2D eigenvalue weighted by molar-refractivity contribution is 7.89. The van der Waals surface area contributed by atoms with Crippen LogP contribution in [0.5, 0.6) is 5.88 Å². The molecule has 2 aliphatic rings. The largest absolute Gasteiger partial charge is 0.470 e. The van der Waals surface area contributed by atoms with Crippen molar-refractivity contribution in [2.75, 3.05) is 18.4 Å². The molecule has 2 fully saturated rings. The van der Waals surface area contributed by atoms with Crippen molar-refractivity contribution in [3.8, 4) is 11.9 Å². The van der Waals surface area contributed by atoms with Crippen molar-refractivity contribution in [2.24, 2.45) is 0 Å². The summed E-state index contributed by atoms with van der Waals surface area (Å²) in [5.74, 6) is -4.63. The molecular weight excluding hydrogens is 506 g/mol. The highest BCUT2D eigenvalue weighted by atomic mass is 32.2. The lowest BCUT2D eigenvalue weighted by atomic mass is 10.0. The molecule has 1 aromatic carbocycles. The average molecular weight is 530 g/mol. The first-order valence-electron chi connectivity index (χ1n) is 11.0. The van der Waals surface area contributed by atoms with E-state index in [9.17, 15) is 36.3 Å². The van der Waals surface area contributed by atoms with Gasteiger partial charge >= 0.3 is 0 Å². The lowest BCUT2D eigenvalue weighted by molar-refractivity contribution is -0.0406. The first-order valence-corrected chi connectivity index (χ1v) is 12.5. The summed E-state index contributed by atoms with van der Waals surface area (Å²) < 4.78 is 88.4. The predicted molar refractivity (Wildman–Crippen MR) is 118 cm³/mol. The second-order valence-electron chi connectivity index (χ2n) is 9.07. The van der Waals surface area contributed by atoms with Crippen LogP contribution in [0.15, 0.2) is 35.4 Å². The molecule has 9 nitrogen and oxygen atoms in total. The number of aliphatic hydroxyl groups is 1. The summed E-state index contributed by atoms with van der Waals surface area (Å²) in [5, 5.41) is 22.3. The third-order valence-electron chi connectivity index (χ3n) is 6.20. The Labute approximate surface area is 204 Å². The van der Waals surface area contributed by atoms with E-state index in [1.807, 2.05) is 0 Å². The number of halogens is 4. The zero-order valence-corrected chi connectivity index (χ0v) is 19.9. The van der Waals surface area contributed by atoms with Gasteiger partial charge in [0.05, 0.1) is 18.7 Å². The number of anilines is 1. The lowest BCUT2D eigenvalue weighted by Crippen LogP contribution is -2.50. The summed E-state index contributed by atoms with van der Waals surface area (Å²) in [7, 11) is -4.25. The molecule has 0 radical (unpaired) electrons. The number of rotatable bonds is 6. The molecule has 36 heavy (non-hydrogen) atoms. The van der Waals surface area contributed by atoms with Crippen LogP contribution in [-0.4, -0.2) is 70.7 Å². The van der Waals surface area contributed by atoms with Crippen molar-refractivity contribution >= 4 is 16.0 Å². The van der Waals surface area contributed by atoms with Gasteiger partial charge in [0.15, 0.2) is 0 Å². The van der Waals surface area contributed by atoms with E-state index < -0.39 is 70.0 Å². The van der Waals surface area contributed by atoms with Crippen LogP contribution in [0, 0.1) is 17.1 Å². The third kappa shape index (κ3) is 5.23. The summed E-state index contributed by atoms with van der Waals surface area (Å²) in [5.41, 5.74) is -2.04. The zero-order chi connectivity index (χ0) is 26.3. The molecule has 1 aliphatic heterocycles. The molecule has 0 spiro atoms. The number of alkyl halides is 3. The number of piperidine rings is 1. The number of sulfonamides is 1.